The van der Waals surface area contributed by atoms with Gasteiger partial charge in [-0.1, -0.05) is 13.8 Å². The third-order valence-corrected chi connectivity index (χ3v) is 1.62. The molecule has 4 heteroatoms. The van der Waals surface area contributed by atoms with E-state index in [1.165, 1.54) is 0 Å². The summed E-state index contributed by atoms with van der Waals surface area (Å²) in [5, 5.41) is 8.57. The summed E-state index contributed by atoms with van der Waals surface area (Å²) < 4.78 is 4.99. The molecule has 3 N–H and O–H groups in total. The van der Waals surface area contributed by atoms with Crippen LogP contribution in [0.2, 0.25) is 0 Å². The zero-order valence-electron chi connectivity index (χ0n) is 8.49. The number of aliphatic hydroxyl groups is 1. The van der Waals surface area contributed by atoms with Crippen molar-refractivity contribution in [3.8, 4) is 0 Å². The molecule has 0 aliphatic carbocycles. The average Bonchev–Trinajstić information content (AvgIpc) is 2.01. The van der Waals surface area contributed by atoms with Gasteiger partial charge in [-0.25, -0.2) is 0 Å². The molecule has 13 heavy (non-hydrogen) atoms. The van der Waals surface area contributed by atoms with Crippen LogP contribution in [-0.2, 0) is 9.53 Å². The molecule has 0 amide bonds. The first-order valence-electron chi connectivity index (χ1n) is 4.54. The van der Waals surface area contributed by atoms with Gasteiger partial charge >= 0.3 is 5.97 Å². The molecule has 0 spiro atoms. The smallest absolute Gasteiger partial charge is 0.325 e. The molecule has 2 atom stereocenters. The van der Waals surface area contributed by atoms with E-state index in [-0.39, 0.29) is 12.7 Å². The standard InChI is InChI=1S/C9H19NO3/c1-6(2)4-7(3)13-9(12)8(10)5-11/h6-8,11H,4-5,10H2,1-3H3. The maximum absolute atomic E-state index is 11.1. The van der Waals surface area contributed by atoms with Gasteiger partial charge < -0.3 is 15.6 Å². The molecule has 0 aromatic carbocycles. The monoisotopic (exact) mass is 189 g/mol. The molecule has 0 radical (unpaired) electrons. The van der Waals surface area contributed by atoms with Crippen molar-refractivity contribution in [2.24, 2.45) is 11.7 Å². The largest absolute Gasteiger partial charge is 0.461 e. The lowest BCUT2D eigenvalue weighted by Crippen LogP contribution is -2.37. The highest BCUT2D eigenvalue weighted by Gasteiger charge is 2.17. The summed E-state index contributed by atoms with van der Waals surface area (Å²) in [6.45, 7) is 5.56. The van der Waals surface area contributed by atoms with Crippen LogP contribution >= 0.6 is 0 Å². The van der Waals surface area contributed by atoms with E-state index in [9.17, 15) is 4.79 Å². The molecule has 0 saturated heterocycles. The van der Waals surface area contributed by atoms with Gasteiger partial charge in [0, 0.05) is 0 Å². The average molecular weight is 189 g/mol. The zero-order chi connectivity index (χ0) is 10.4. The Balaban J connectivity index is 3.77. The predicted molar refractivity (Wildman–Crippen MR) is 50.1 cm³/mol. The normalized spacial score (nSPS) is 15.5. The van der Waals surface area contributed by atoms with Gasteiger partial charge in [0.15, 0.2) is 0 Å². The summed E-state index contributed by atoms with van der Waals surface area (Å²) in [6.07, 6.45) is 0.675. The van der Waals surface area contributed by atoms with Gasteiger partial charge in [-0.05, 0) is 19.3 Å². The summed E-state index contributed by atoms with van der Waals surface area (Å²) in [4.78, 5) is 11.1. The van der Waals surface area contributed by atoms with Crippen LogP contribution in [0.25, 0.3) is 0 Å². The first-order valence-corrected chi connectivity index (χ1v) is 4.54. The third kappa shape index (κ3) is 5.60. The molecule has 0 aromatic heterocycles. The highest BCUT2D eigenvalue weighted by atomic mass is 16.5. The lowest BCUT2D eigenvalue weighted by Gasteiger charge is -2.17. The molecule has 0 rings (SSSR count). The molecule has 0 saturated carbocycles. The van der Waals surface area contributed by atoms with Crippen LogP contribution in [0, 0.1) is 5.92 Å². The van der Waals surface area contributed by atoms with Crippen LogP contribution in [0.1, 0.15) is 27.2 Å². The minimum Gasteiger partial charge on any atom is -0.461 e. The maximum Gasteiger partial charge on any atom is 0.325 e. The van der Waals surface area contributed by atoms with E-state index in [0.29, 0.717) is 5.92 Å². The van der Waals surface area contributed by atoms with Crippen molar-refractivity contribution >= 4 is 5.97 Å². The number of hydrogen-bond acceptors (Lipinski definition) is 4. The molecule has 4 nitrogen and oxygen atoms in total. The SMILES string of the molecule is CC(C)CC(C)OC(=O)C(N)CO. The Kier molecular flexibility index (Phi) is 5.66. The second-order valence-corrected chi connectivity index (χ2v) is 3.67. The molecule has 0 fully saturated rings. The van der Waals surface area contributed by atoms with Gasteiger partial charge in [0.05, 0.1) is 12.7 Å². The Bertz CT molecular complexity index is 159. The molecule has 0 heterocycles. The Hall–Kier alpha value is -0.610. The Labute approximate surface area is 79.1 Å². The number of carbonyl (C=O) groups is 1. The van der Waals surface area contributed by atoms with Gasteiger partial charge in [0.25, 0.3) is 0 Å². The zero-order valence-corrected chi connectivity index (χ0v) is 8.49. The van der Waals surface area contributed by atoms with E-state index >= 15 is 0 Å². The number of carbonyl (C=O) groups excluding carboxylic acids is 1. The van der Waals surface area contributed by atoms with Crippen molar-refractivity contribution in [3.63, 3.8) is 0 Å². The first kappa shape index (κ1) is 12.4. The fourth-order valence-corrected chi connectivity index (χ4v) is 1.07. The number of ether oxygens (including phenoxy) is 1. The van der Waals surface area contributed by atoms with Crippen LogP contribution in [0.15, 0.2) is 0 Å². The van der Waals surface area contributed by atoms with Gasteiger partial charge in [0.1, 0.15) is 6.04 Å². The third-order valence-electron chi connectivity index (χ3n) is 1.62. The van der Waals surface area contributed by atoms with Crippen molar-refractivity contribution in [2.45, 2.75) is 39.3 Å². The van der Waals surface area contributed by atoms with Crippen LogP contribution in [-0.4, -0.2) is 29.8 Å². The van der Waals surface area contributed by atoms with E-state index in [0.717, 1.165) is 6.42 Å². The highest BCUT2D eigenvalue weighted by molar-refractivity contribution is 5.75. The van der Waals surface area contributed by atoms with Gasteiger partial charge in [-0.3, -0.25) is 4.79 Å². The summed E-state index contributed by atoms with van der Waals surface area (Å²) in [7, 11) is 0. The fourth-order valence-electron chi connectivity index (χ4n) is 1.07. The van der Waals surface area contributed by atoms with E-state index in [2.05, 4.69) is 13.8 Å². The maximum atomic E-state index is 11.1. The molecule has 0 aromatic rings. The second kappa shape index (κ2) is 5.94. The van der Waals surface area contributed by atoms with Crippen LogP contribution in [0.4, 0.5) is 0 Å². The van der Waals surface area contributed by atoms with E-state index in [4.69, 9.17) is 15.6 Å². The van der Waals surface area contributed by atoms with Crippen LogP contribution < -0.4 is 5.73 Å². The summed E-state index contributed by atoms with van der Waals surface area (Å²) >= 11 is 0. The minimum absolute atomic E-state index is 0.134. The lowest BCUT2D eigenvalue weighted by molar-refractivity contribution is -0.151. The fraction of sp³-hybridized carbons (Fsp3) is 0.889. The first-order chi connectivity index (χ1) is 5.97. The van der Waals surface area contributed by atoms with Crippen LogP contribution in [0.5, 0.6) is 0 Å². The van der Waals surface area contributed by atoms with Gasteiger partial charge in [-0.2, -0.15) is 0 Å². The van der Waals surface area contributed by atoms with Crippen molar-refractivity contribution in [3.05, 3.63) is 0 Å². The molecule has 0 aliphatic rings. The molecule has 78 valence electrons. The van der Waals surface area contributed by atoms with Gasteiger partial charge in [-0.15, -0.1) is 0 Å². The molecule has 2 unspecified atom stereocenters. The minimum atomic E-state index is -0.908. The summed E-state index contributed by atoms with van der Waals surface area (Å²) in [5.41, 5.74) is 5.27. The van der Waals surface area contributed by atoms with Gasteiger partial charge in [0.2, 0.25) is 0 Å². The quantitative estimate of drug-likeness (QED) is 0.609. The van der Waals surface area contributed by atoms with Crippen molar-refractivity contribution < 1.29 is 14.6 Å². The predicted octanol–water partition coefficient (Wildman–Crippen LogP) is 0.284. The van der Waals surface area contributed by atoms with Crippen molar-refractivity contribution in [1.29, 1.82) is 0 Å². The summed E-state index contributed by atoms with van der Waals surface area (Å²) in [6, 6.07) is -0.908. The lowest BCUT2D eigenvalue weighted by atomic mass is 10.1. The topological polar surface area (TPSA) is 72.5 Å². The number of hydrogen-bond donors (Lipinski definition) is 2. The Morgan fingerprint density at radius 2 is 2.00 bits per heavy atom. The summed E-state index contributed by atoms with van der Waals surface area (Å²) in [5.74, 6) is -0.0520. The molecule has 0 aliphatic heterocycles. The number of esters is 1. The van der Waals surface area contributed by atoms with Crippen molar-refractivity contribution in [2.75, 3.05) is 6.61 Å². The Morgan fingerprint density at radius 3 is 2.38 bits per heavy atom. The number of rotatable bonds is 5. The Morgan fingerprint density at radius 1 is 1.46 bits per heavy atom. The van der Waals surface area contributed by atoms with Crippen LogP contribution in [0.3, 0.4) is 0 Å². The number of aliphatic hydroxyl groups excluding tert-OH is 1. The number of nitrogens with two attached hydrogens (primary N) is 1. The van der Waals surface area contributed by atoms with Crippen molar-refractivity contribution in [1.82, 2.24) is 0 Å². The van der Waals surface area contributed by atoms with E-state index < -0.39 is 12.0 Å². The van der Waals surface area contributed by atoms with E-state index in [1.807, 2.05) is 6.92 Å². The molecular weight excluding hydrogens is 170 g/mol. The molecular formula is C9H19NO3. The second-order valence-electron chi connectivity index (χ2n) is 3.67. The molecule has 0 bridgehead atoms. The highest BCUT2D eigenvalue weighted by Crippen LogP contribution is 2.07. The van der Waals surface area contributed by atoms with E-state index in [1.54, 1.807) is 0 Å².